The van der Waals surface area contributed by atoms with Crippen LogP contribution < -0.4 is 5.32 Å². The second kappa shape index (κ2) is 6.26. The Morgan fingerprint density at radius 2 is 2.13 bits per heavy atom. The molecule has 0 aliphatic carbocycles. The third kappa shape index (κ3) is 2.82. The smallest absolute Gasteiger partial charge is 0.138 e. The summed E-state index contributed by atoms with van der Waals surface area (Å²) in [7, 11) is 0. The number of hydrogen-bond acceptors (Lipinski definition) is 5. The van der Waals surface area contributed by atoms with Gasteiger partial charge in [0.2, 0.25) is 0 Å². The first-order chi connectivity index (χ1) is 11.3. The number of nitrogens with one attached hydrogen (secondary N) is 1. The summed E-state index contributed by atoms with van der Waals surface area (Å²) in [4.78, 5) is 11.2. The highest BCUT2D eigenvalue weighted by atomic mass is 32.1. The molecule has 0 spiro atoms. The maximum atomic E-state index is 5.69. The van der Waals surface area contributed by atoms with Gasteiger partial charge in [-0.1, -0.05) is 30.3 Å². The first-order valence-corrected chi connectivity index (χ1v) is 8.79. The zero-order chi connectivity index (χ0) is 15.6. The molecule has 2 aromatic heterocycles. The largest absolute Gasteiger partial charge is 0.376 e. The van der Waals surface area contributed by atoms with E-state index in [9.17, 15) is 0 Å². The SMILES string of the molecule is Cc1c(-c2ccccc2)sc2ncnc(NCC3CCCO3)c12. The number of hydrogen-bond donors (Lipinski definition) is 1. The summed E-state index contributed by atoms with van der Waals surface area (Å²) in [6.07, 6.45) is 4.22. The van der Waals surface area contributed by atoms with Gasteiger partial charge in [-0.05, 0) is 30.9 Å². The summed E-state index contributed by atoms with van der Waals surface area (Å²) in [5.74, 6) is 0.918. The zero-order valence-corrected chi connectivity index (χ0v) is 13.9. The van der Waals surface area contributed by atoms with E-state index in [-0.39, 0.29) is 0 Å². The highest BCUT2D eigenvalue weighted by Crippen LogP contribution is 2.39. The average molecular weight is 325 g/mol. The number of aromatic nitrogens is 2. The molecule has 4 rings (SSSR count). The standard InChI is InChI=1S/C18H19N3OS/c1-12-15-17(19-10-14-8-5-9-22-14)20-11-21-18(15)23-16(12)13-6-3-2-4-7-13/h2-4,6-7,11,14H,5,8-10H2,1H3,(H,19,20,21). The van der Waals surface area contributed by atoms with Crippen LogP contribution in [0.4, 0.5) is 5.82 Å². The van der Waals surface area contributed by atoms with E-state index in [1.165, 1.54) is 16.0 Å². The minimum absolute atomic E-state index is 0.299. The highest BCUT2D eigenvalue weighted by Gasteiger charge is 2.18. The van der Waals surface area contributed by atoms with Crippen molar-refractivity contribution in [2.75, 3.05) is 18.5 Å². The Labute approximate surface area is 139 Å². The molecule has 118 valence electrons. The van der Waals surface area contributed by atoms with Crippen LogP contribution in [0.15, 0.2) is 36.7 Å². The predicted molar refractivity (Wildman–Crippen MR) is 95.1 cm³/mol. The lowest BCUT2D eigenvalue weighted by Crippen LogP contribution is -2.19. The normalized spacial score (nSPS) is 17.7. The van der Waals surface area contributed by atoms with Crippen LogP contribution in [0.1, 0.15) is 18.4 Å². The van der Waals surface area contributed by atoms with Crippen LogP contribution in [-0.4, -0.2) is 29.2 Å². The van der Waals surface area contributed by atoms with Crippen LogP contribution >= 0.6 is 11.3 Å². The molecule has 23 heavy (non-hydrogen) atoms. The highest BCUT2D eigenvalue weighted by molar-refractivity contribution is 7.22. The molecule has 1 unspecified atom stereocenters. The molecule has 5 heteroatoms. The van der Waals surface area contributed by atoms with E-state index in [2.05, 4.69) is 46.5 Å². The molecule has 1 aliphatic heterocycles. The van der Waals surface area contributed by atoms with Crippen molar-refractivity contribution >= 4 is 27.4 Å². The molecule has 4 nitrogen and oxygen atoms in total. The van der Waals surface area contributed by atoms with E-state index in [1.54, 1.807) is 17.7 Å². The molecule has 0 radical (unpaired) electrons. The van der Waals surface area contributed by atoms with Crippen LogP contribution in [0.5, 0.6) is 0 Å². The van der Waals surface area contributed by atoms with Crippen molar-refractivity contribution in [1.29, 1.82) is 0 Å². The van der Waals surface area contributed by atoms with E-state index in [1.807, 2.05) is 6.07 Å². The van der Waals surface area contributed by atoms with Gasteiger partial charge < -0.3 is 10.1 Å². The molecule has 1 aromatic carbocycles. The molecular weight excluding hydrogens is 306 g/mol. The molecule has 1 aliphatic rings. The van der Waals surface area contributed by atoms with Crippen molar-refractivity contribution in [3.8, 4) is 10.4 Å². The quantitative estimate of drug-likeness (QED) is 0.778. The minimum Gasteiger partial charge on any atom is -0.376 e. The van der Waals surface area contributed by atoms with Gasteiger partial charge in [0.15, 0.2) is 0 Å². The summed E-state index contributed by atoms with van der Waals surface area (Å²) >= 11 is 1.73. The van der Waals surface area contributed by atoms with Crippen molar-refractivity contribution in [3.05, 3.63) is 42.2 Å². The van der Waals surface area contributed by atoms with Gasteiger partial charge in [0.1, 0.15) is 17.0 Å². The van der Waals surface area contributed by atoms with Gasteiger partial charge in [-0.3, -0.25) is 0 Å². The summed E-state index contributed by atoms with van der Waals surface area (Å²) < 4.78 is 5.69. The summed E-state index contributed by atoms with van der Waals surface area (Å²) in [5, 5.41) is 4.60. The fourth-order valence-electron chi connectivity index (χ4n) is 3.09. The molecule has 1 saturated heterocycles. The Balaban J connectivity index is 1.70. The number of aryl methyl sites for hydroxylation is 1. The maximum Gasteiger partial charge on any atom is 0.138 e. The number of anilines is 1. The van der Waals surface area contributed by atoms with Gasteiger partial charge in [0.05, 0.1) is 11.5 Å². The molecule has 3 aromatic rings. The molecule has 1 N–H and O–H groups in total. The van der Waals surface area contributed by atoms with Crippen LogP contribution in [-0.2, 0) is 4.74 Å². The Hall–Kier alpha value is -1.98. The number of thiophene rings is 1. The van der Waals surface area contributed by atoms with E-state index in [4.69, 9.17) is 4.74 Å². The van der Waals surface area contributed by atoms with Gasteiger partial charge >= 0.3 is 0 Å². The van der Waals surface area contributed by atoms with Crippen molar-refractivity contribution < 1.29 is 4.74 Å². The van der Waals surface area contributed by atoms with E-state index >= 15 is 0 Å². The molecule has 0 amide bonds. The summed E-state index contributed by atoms with van der Waals surface area (Å²) in [6, 6.07) is 10.5. The number of benzene rings is 1. The Bertz CT molecular complexity index is 810. The van der Waals surface area contributed by atoms with Gasteiger partial charge in [-0.15, -0.1) is 11.3 Å². The summed E-state index contributed by atoms with van der Waals surface area (Å²) in [5.41, 5.74) is 2.48. The van der Waals surface area contributed by atoms with Gasteiger partial charge in [-0.2, -0.15) is 0 Å². The second-order valence-electron chi connectivity index (χ2n) is 5.84. The Morgan fingerprint density at radius 3 is 2.91 bits per heavy atom. The molecule has 3 heterocycles. The lowest BCUT2D eigenvalue weighted by molar-refractivity contribution is 0.120. The monoisotopic (exact) mass is 325 g/mol. The Kier molecular flexibility index (Phi) is 3.97. The van der Waals surface area contributed by atoms with E-state index in [0.29, 0.717) is 6.10 Å². The lowest BCUT2D eigenvalue weighted by atomic mass is 10.1. The fourth-order valence-corrected chi connectivity index (χ4v) is 4.24. The zero-order valence-electron chi connectivity index (χ0n) is 13.1. The molecular formula is C18H19N3OS. The van der Waals surface area contributed by atoms with Gasteiger partial charge in [0, 0.05) is 18.0 Å². The van der Waals surface area contributed by atoms with Crippen molar-refractivity contribution in [1.82, 2.24) is 9.97 Å². The maximum absolute atomic E-state index is 5.69. The number of nitrogens with zero attached hydrogens (tertiary/aromatic N) is 2. The minimum atomic E-state index is 0.299. The second-order valence-corrected chi connectivity index (χ2v) is 6.84. The third-order valence-corrected chi connectivity index (χ3v) is 5.53. The predicted octanol–water partition coefficient (Wildman–Crippen LogP) is 4.26. The fraction of sp³-hybridized carbons (Fsp3) is 0.333. The van der Waals surface area contributed by atoms with Crippen LogP contribution in [0.2, 0.25) is 0 Å². The van der Waals surface area contributed by atoms with Crippen LogP contribution in [0, 0.1) is 6.92 Å². The van der Waals surface area contributed by atoms with Crippen LogP contribution in [0.25, 0.3) is 20.7 Å². The van der Waals surface area contributed by atoms with E-state index in [0.717, 1.165) is 42.0 Å². The molecule has 0 saturated carbocycles. The van der Waals surface area contributed by atoms with Crippen LogP contribution in [0.3, 0.4) is 0 Å². The van der Waals surface area contributed by atoms with Crippen molar-refractivity contribution in [2.24, 2.45) is 0 Å². The van der Waals surface area contributed by atoms with Crippen molar-refractivity contribution in [2.45, 2.75) is 25.9 Å². The third-order valence-electron chi connectivity index (χ3n) is 4.28. The van der Waals surface area contributed by atoms with Crippen molar-refractivity contribution in [3.63, 3.8) is 0 Å². The average Bonchev–Trinajstić information content (AvgIpc) is 3.22. The molecule has 0 bridgehead atoms. The number of ether oxygens (including phenoxy) is 1. The summed E-state index contributed by atoms with van der Waals surface area (Å²) in [6.45, 7) is 3.84. The first-order valence-electron chi connectivity index (χ1n) is 7.98. The van der Waals surface area contributed by atoms with E-state index < -0.39 is 0 Å². The molecule has 1 atom stereocenters. The lowest BCUT2D eigenvalue weighted by Gasteiger charge is -2.12. The first kappa shape index (κ1) is 14.6. The Morgan fingerprint density at radius 1 is 1.26 bits per heavy atom. The topological polar surface area (TPSA) is 47.0 Å². The number of fused-ring (bicyclic) bond motifs is 1. The molecule has 1 fully saturated rings. The van der Waals surface area contributed by atoms with Gasteiger partial charge in [0.25, 0.3) is 0 Å². The number of rotatable bonds is 4. The van der Waals surface area contributed by atoms with Gasteiger partial charge in [-0.25, -0.2) is 9.97 Å².